The second kappa shape index (κ2) is 9.96. The minimum Gasteiger partial charge on any atom is -0.342 e. The Hall–Kier alpha value is -2.18. The van der Waals surface area contributed by atoms with Gasteiger partial charge >= 0.3 is 0 Å². The Morgan fingerprint density at radius 2 is 1.45 bits per heavy atom. The van der Waals surface area contributed by atoms with Gasteiger partial charge in [0.25, 0.3) is 0 Å². The summed E-state index contributed by atoms with van der Waals surface area (Å²) in [6.45, 7) is 2.39. The summed E-state index contributed by atoms with van der Waals surface area (Å²) < 4.78 is 27.4. The zero-order chi connectivity index (χ0) is 21.7. The molecule has 0 bridgehead atoms. The number of hydrogen-bond acceptors (Lipinski definition) is 3. The van der Waals surface area contributed by atoms with Gasteiger partial charge in [0.1, 0.15) is 0 Å². The summed E-state index contributed by atoms with van der Waals surface area (Å²) in [5.74, 6) is 0.530. The van der Waals surface area contributed by atoms with Crippen molar-refractivity contribution < 1.29 is 13.2 Å². The Morgan fingerprint density at radius 1 is 0.839 bits per heavy atom. The third-order valence-corrected chi connectivity index (χ3v) is 8.43. The van der Waals surface area contributed by atoms with Crippen molar-refractivity contribution in [2.24, 2.45) is 11.8 Å². The number of benzene rings is 2. The topological polar surface area (TPSA) is 57.7 Å². The third-order valence-electron chi connectivity index (χ3n) is 6.61. The lowest BCUT2D eigenvalue weighted by Crippen LogP contribution is -2.48. The molecule has 166 valence electrons. The molecule has 2 saturated heterocycles. The van der Waals surface area contributed by atoms with Gasteiger partial charge in [0.05, 0.1) is 11.7 Å². The molecule has 0 N–H and O–H groups in total. The predicted octanol–water partition coefficient (Wildman–Crippen LogP) is 3.71. The summed E-state index contributed by atoms with van der Waals surface area (Å²) >= 11 is 0. The molecule has 0 unspecified atom stereocenters. The van der Waals surface area contributed by atoms with E-state index < -0.39 is 10.0 Å². The van der Waals surface area contributed by atoms with Crippen molar-refractivity contribution in [3.05, 3.63) is 71.8 Å². The van der Waals surface area contributed by atoms with E-state index in [1.165, 1.54) is 9.87 Å². The average Bonchev–Trinajstić information content (AvgIpc) is 2.80. The van der Waals surface area contributed by atoms with Gasteiger partial charge in [-0.05, 0) is 49.1 Å². The molecule has 2 fully saturated rings. The number of sulfonamides is 1. The van der Waals surface area contributed by atoms with Crippen LogP contribution >= 0.6 is 0 Å². The summed E-state index contributed by atoms with van der Waals surface area (Å²) in [5.41, 5.74) is 2.15. The maximum atomic E-state index is 13.2. The number of amides is 1. The van der Waals surface area contributed by atoms with Crippen LogP contribution in [0.25, 0.3) is 0 Å². The number of likely N-dealkylation sites (tertiary alicyclic amines) is 1. The van der Waals surface area contributed by atoms with E-state index in [4.69, 9.17) is 0 Å². The Kier molecular flexibility index (Phi) is 7.08. The molecular formula is C25H32N2O3S. The van der Waals surface area contributed by atoms with Gasteiger partial charge in [0.2, 0.25) is 15.9 Å². The summed E-state index contributed by atoms with van der Waals surface area (Å²) in [7, 11) is -3.41. The largest absolute Gasteiger partial charge is 0.342 e. The SMILES string of the molecule is O=C([C@@H]1CCCN(S(=O)(=O)Cc2ccccc2)C1)N1CCC(Cc2ccccc2)CC1. The van der Waals surface area contributed by atoms with Crippen LogP contribution in [0.15, 0.2) is 60.7 Å². The lowest BCUT2D eigenvalue weighted by Gasteiger charge is -2.37. The Morgan fingerprint density at radius 3 is 2.10 bits per heavy atom. The Labute approximate surface area is 186 Å². The van der Waals surface area contributed by atoms with Gasteiger partial charge in [0, 0.05) is 26.2 Å². The highest BCUT2D eigenvalue weighted by Crippen LogP contribution is 2.27. The maximum Gasteiger partial charge on any atom is 0.227 e. The lowest BCUT2D eigenvalue weighted by atomic mass is 9.89. The second-order valence-electron chi connectivity index (χ2n) is 8.90. The molecule has 0 radical (unpaired) electrons. The van der Waals surface area contributed by atoms with E-state index >= 15 is 0 Å². The highest BCUT2D eigenvalue weighted by Gasteiger charge is 2.35. The fourth-order valence-electron chi connectivity index (χ4n) is 4.84. The molecule has 0 aliphatic carbocycles. The van der Waals surface area contributed by atoms with Crippen LogP contribution in [0, 0.1) is 11.8 Å². The number of nitrogens with zero attached hydrogens (tertiary/aromatic N) is 2. The van der Waals surface area contributed by atoms with Gasteiger partial charge in [-0.15, -0.1) is 0 Å². The van der Waals surface area contributed by atoms with E-state index in [9.17, 15) is 13.2 Å². The molecule has 0 spiro atoms. The number of hydrogen-bond donors (Lipinski definition) is 0. The number of carbonyl (C=O) groups is 1. The normalized spacial score (nSPS) is 21.2. The van der Waals surface area contributed by atoms with Gasteiger partial charge in [-0.3, -0.25) is 4.79 Å². The van der Waals surface area contributed by atoms with Crippen molar-refractivity contribution in [1.29, 1.82) is 0 Å². The summed E-state index contributed by atoms with van der Waals surface area (Å²) in [6, 6.07) is 19.8. The van der Waals surface area contributed by atoms with Crippen LogP contribution in [0.4, 0.5) is 0 Å². The number of carbonyl (C=O) groups excluding carboxylic acids is 1. The second-order valence-corrected chi connectivity index (χ2v) is 10.9. The predicted molar refractivity (Wildman–Crippen MR) is 123 cm³/mol. The van der Waals surface area contributed by atoms with E-state index in [1.807, 2.05) is 41.3 Å². The molecule has 6 heteroatoms. The molecule has 2 aliphatic rings. The lowest BCUT2D eigenvalue weighted by molar-refractivity contribution is -0.138. The van der Waals surface area contributed by atoms with Crippen molar-refractivity contribution in [1.82, 2.24) is 9.21 Å². The van der Waals surface area contributed by atoms with Gasteiger partial charge in [-0.25, -0.2) is 12.7 Å². The first kappa shape index (κ1) is 22.0. The van der Waals surface area contributed by atoms with Crippen molar-refractivity contribution in [3.63, 3.8) is 0 Å². The van der Waals surface area contributed by atoms with Crippen LogP contribution in [-0.4, -0.2) is 49.7 Å². The van der Waals surface area contributed by atoms with E-state index in [-0.39, 0.29) is 17.6 Å². The number of piperidine rings is 2. The van der Waals surface area contributed by atoms with Crippen molar-refractivity contribution in [2.45, 2.75) is 37.9 Å². The molecule has 1 amide bonds. The third kappa shape index (κ3) is 5.74. The summed E-state index contributed by atoms with van der Waals surface area (Å²) in [5, 5.41) is 0. The van der Waals surface area contributed by atoms with Crippen LogP contribution in [0.5, 0.6) is 0 Å². The molecule has 0 saturated carbocycles. The fraction of sp³-hybridized carbons (Fsp3) is 0.480. The average molecular weight is 441 g/mol. The molecule has 1 atom stereocenters. The van der Waals surface area contributed by atoms with Crippen LogP contribution in [0.1, 0.15) is 36.8 Å². The Bertz CT molecular complexity index is 955. The minimum absolute atomic E-state index is 0.000366. The number of rotatable bonds is 6. The van der Waals surface area contributed by atoms with E-state index in [0.29, 0.717) is 19.0 Å². The van der Waals surface area contributed by atoms with Gasteiger partial charge in [0.15, 0.2) is 0 Å². The highest BCUT2D eigenvalue weighted by molar-refractivity contribution is 7.88. The fourth-order valence-corrected chi connectivity index (χ4v) is 6.45. The molecule has 2 aliphatic heterocycles. The van der Waals surface area contributed by atoms with Gasteiger partial charge < -0.3 is 4.90 Å². The standard InChI is InChI=1S/C25H32N2O3S/c28-25(26-16-13-22(14-17-26)18-21-8-3-1-4-9-21)24-12-7-15-27(19-24)31(29,30)20-23-10-5-2-6-11-23/h1-6,8-11,22,24H,7,12-20H2/t24-/m1/s1. The maximum absolute atomic E-state index is 13.2. The molecule has 2 aromatic rings. The van der Waals surface area contributed by atoms with Crippen molar-refractivity contribution in [3.8, 4) is 0 Å². The summed E-state index contributed by atoms with van der Waals surface area (Å²) in [4.78, 5) is 15.1. The van der Waals surface area contributed by atoms with Crippen molar-refractivity contribution in [2.75, 3.05) is 26.2 Å². The molecule has 0 aromatic heterocycles. The van der Waals surface area contributed by atoms with E-state index in [0.717, 1.165) is 50.8 Å². The molecule has 4 rings (SSSR count). The first-order valence-corrected chi connectivity index (χ1v) is 13.0. The molecule has 2 aromatic carbocycles. The van der Waals surface area contributed by atoms with Crippen LogP contribution in [0.3, 0.4) is 0 Å². The Balaban J connectivity index is 1.31. The summed E-state index contributed by atoms with van der Waals surface area (Å²) in [6.07, 6.45) is 4.62. The molecular weight excluding hydrogens is 408 g/mol. The van der Waals surface area contributed by atoms with E-state index in [2.05, 4.69) is 24.3 Å². The van der Waals surface area contributed by atoms with Gasteiger partial charge in [-0.1, -0.05) is 60.7 Å². The van der Waals surface area contributed by atoms with Crippen molar-refractivity contribution >= 4 is 15.9 Å². The first-order chi connectivity index (χ1) is 15.0. The zero-order valence-electron chi connectivity index (χ0n) is 18.0. The monoisotopic (exact) mass is 440 g/mol. The van der Waals surface area contributed by atoms with Crippen LogP contribution in [-0.2, 0) is 27.0 Å². The van der Waals surface area contributed by atoms with E-state index in [1.54, 1.807) is 0 Å². The smallest absolute Gasteiger partial charge is 0.227 e. The van der Waals surface area contributed by atoms with Gasteiger partial charge in [-0.2, -0.15) is 0 Å². The molecule has 2 heterocycles. The van der Waals surface area contributed by atoms with Crippen LogP contribution < -0.4 is 0 Å². The molecule has 31 heavy (non-hydrogen) atoms. The first-order valence-electron chi connectivity index (χ1n) is 11.4. The molecule has 5 nitrogen and oxygen atoms in total. The van der Waals surface area contributed by atoms with Crippen LogP contribution in [0.2, 0.25) is 0 Å². The quantitative estimate of drug-likeness (QED) is 0.688. The zero-order valence-corrected chi connectivity index (χ0v) is 18.8. The highest BCUT2D eigenvalue weighted by atomic mass is 32.2. The minimum atomic E-state index is -3.41.